The van der Waals surface area contributed by atoms with Crippen molar-refractivity contribution in [2.24, 2.45) is 0 Å². The largest absolute Gasteiger partial charge is 0.497 e. The fourth-order valence-electron chi connectivity index (χ4n) is 2.34. The fraction of sp³-hybridized carbons (Fsp3) is 0.238. The summed E-state index contributed by atoms with van der Waals surface area (Å²) in [4.78, 5) is 12.3. The second-order valence-corrected chi connectivity index (χ2v) is 5.83. The van der Waals surface area contributed by atoms with Crippen LogP contribution in [0.15, 0.2) is 54.1 Å². The van der Waals surface area contributed by atoms with Gasteiger partial charge in [-0.05, 0) is 53.8 Å². The normalized spacial score (nSPS) is 12.2. The fourth-order valence-corrected chi connectivity index (χ4v) is 2.34. The Morgan fingerprint density at radius 2 is 1.84 bits per heavy atom. The lowest BCUT2D eigenvalue weighted by atomic mass is 9.98. The van der Waals surface area contributed by atoms with Gasteiger partial charge in [0.25, 0.3) is 5.91 Å². The Kier molecular flexibility index (Phi) is 6.36. The summed E-state index contributed by atoms with van der Waals surface area (Å²) in [5, 5.41) is 12.0. The number of anilines is 1. The molecule has 4 heteroatoms. The van der Waals surface area contributed by atoms with E-state index in [0.717, 1.165) is 17.7 Å². The number of hydrogen-bond acceptors (Lipinski definition) is 3. The molecule has 1 amide bonds. The van der Waals surface area contributed by atoms with E-state index in [9.17, 15) is 10.1 Å². The summed E-state index contributed by atoms with van der Waals surface area (Å²) in [5.41, 5.74) is 2.72. The maximum atomic E-state index is 12.3. The molecule has 2 aromatic carbocycles. The molecular weight excluding hydrogens is 312 g/mol. The van der Waals surface area contributed by atoms with Crippen LogP contribution in [0.5, 0.6) is 5.75 Å². The first-order valence-electron chi connectivity index (χ1n) is 8.24. The molecule has 2 aromatic rings. The van der Waals surface area contributed by atoms with Gasteiger partial charge in [-0.2, -0.15) is 5.26 Å². The number of amides is 1. The van der Waals surface area contributed by atoms with Crippen LogP contribution >= 0.6 is 0 Å². The highest BCUT2D eigenvalue weighted by Crippen LogP contribution is 2.21. The summed E-state index contributed by atoms with van der Waals surface area (Å²) >= 11 is 0. The SMILES string of the molecule is CC[C@H](C)c1ccc(NC(=O)/C(C#N)=C/c2ccc(OC)cc2)cc1. The Bertz CT molecular complexity index is 784. The first-order chi connectivity index (χ1) is 12.1. The van der Waals surface area contributed by atoms with Gasteiger partial charge in [0, 0.05) is 5.69 Å². The molecule has 0 aromatic heterocycles. The highest BCUT2D eigenvalue weighted by molar-refractivity contribution is 6.09. The lowest BCUT2D eigenvalue weighted by Gasteiger charge is -2.10. The van der Waals surface area contributed by atoms with Crippen LogP contribution in [0.4, 0.5) is 5.69 Å². The zero-order valence-corrected chi connectivity index (χ0v) is 14.7. The predicted octanol–water partition coefficient (Wildman–Crippen LogP) is 4.75. The van der Waals surface area contributed by atoms with Crippen LogP contribution < -0.4 is 10.1 Å². The molecular formula is C21H22N2O2. The molecule has 0 spiro atoms. The second-order valence-electron chi connectivity index (χ2n) is 5.83. The Morgan fingerprint density at radius 1 is 1.20 bits per heavy atom. The molecule has 2 rings (SSSR count). The van der Waals surface area contributed by atoms with E-state index in [2.05, 4.69) is 19.2 Å². The minimum atomic E-state index is -0.422. The van der Waals surface area contributed by atoms with Crippen molar-refractivity contribution in [1.82, 2.24) is 0 Å². The average Bonchev–Trinajstić information content (AvgIpc) is 2.66. The second kappa shape index (κ2) is 8.70. The van der Waals surface area contributed by atoms with Gasteiger partial charge in [-0.3, -0.25) is 4.79 Å². The third-order valence-corrected chi connectivity index (χ3v) is 4.14. The Labute approximate surface area is 148 Å². The van der Waals surface area contributed by atoms with Crippen LogP contribution in [0, 0.1) is 11.3 Å². The number of benzene rings is 2. The van der Waals surface area contributed by atoms with Gasteiger partial charge in [-0.25, -0.2) is 0 Å². The van der Waals surface area contributed by atoms with Gasteiger partial charge in [-0.1, -0.05) is 38.1 Å². The number of nitrogens with zero attached hydrogens (tertiary/aromatic N) is 1. The number of carbonyl (C=O) groups is 1. The van der Waals surface area contributed by atoms with Crippen molar-refractivity contribution in [1.29, 1.82) is 5.26 Å². The van der Waals surface area contributed by atoms with Crippen molar-refractivity contribution in [3.8, 4) is 11.8 Å². The molecule has 0 fully saturated rings. The Balaban J connectivity index is 2.11. The van der Waals surface area contributed by atoms with Crippen LogP contribution in [-0.4, -0.2) is 13.0 Å². The number of nitrogens with one attached hydrogen (secondary N) is 1. The van der Waals surface area contributed by atoms with Gasteiger partial charge in [0.2, 0.25) is 0 Å². The molecule has 0 saturated carbocycles. The predicted molar refractivity (Wildman–Crippen MR) is 100 cm³/mol. The quantitative estimate of drug-likeness (QED) is 0.612. The summed E-state index contributed by atoms with van der Waals surface area (Å²) in [6.45, 7) is 4.31. The monoisotopic (exact) mass is 334 g/mol. The molecule has 128 valence electrons. The van der Waals surface area contributed by atoms with E-state index in [-0.39, 0.29) is 5.57 Å². The summed E-state index contributed by atoms with van der Waals surface area (Å²) < 4.78 is 5.10. The third kappa shape index (κ3) is 4.95. The van der Waals surface area contributed by atoms with Crippen molar-refractivity contribution in [3.05, 3.63) is 65.2 Å². The van der Waals surface area contributed by atoms with E-state index in [4.69, 9.17) is 4.74 Å². The van der Waals surface area contributed by atoms with Crippen molar-refractivity contribution in [2.45, 2.75) is 26.2 Å². The van der Waals surface area contributed by atoms with Gasteiger partial charge in [-0.15, -0.1) is 0 Å². The average molecular weight is 334 g/mol. The van der Waals surface area contributed by atoms with Crippen LogP contribution in [0.25, 0.3) is 6.08 Å². The first-order valence-corrected chi connectivity index (χ1v) is 8.24. The lowest BCUT2D eigenvalue weighted by molar-refractivity contribution is -0.112. The molecule has 0 radical (unpaired) electrons. The number of ether oxygens (including phenoxy) is 1. The van der Waals surface area contributed by atoms with Crippen molar-refractivity contribution in [2.75, 3.05) is 12.4 Å². The topological polar surface area (TPSA) is 62.1 Å². The van der Waals surface area contributed by atoms with E-state index < -0.39 is 5.91 Å². The van der Waals surface area contributed by atoms with E-state index in [0.29, 0.717) is 11.6 Å². The van der Waals surface area contributed by atoms with Crippen molar-refractivity contribution < 1.29 is 9.53 Å². The van der Waals surface area contributed by atoms with Crippen LogP contribution in [0.1, 0.15) is 37.3 Å². The van der Waals surface area contributed by atoms with Crippen LogP contribution in [-0.2, 0) is 4.79 Å². The summed E-state index contributed by atoms with van der Waals surface area (Å²) in [5.74, 6) is 0.783. The molecule has 0 heterocycles. The molecule has 0 unspecified atom stereocenters. The summed E-state index contributed by atoms with van der Waals surface area (Å²) in [7, 11) is 1.59. The number of nitriles is 1. The van der Waals surface area contributed by atoms with Gasteiger partial charge in [0.15, 0.2) is 0 Å². The van der Waals surface area contributed by atoms with E-state index in [1.807, 2.05) is 30.3 Å². The van der Waals surface area contributed by atoms with Crippen LogP contribution in [0.2, 0.25) is 0 Å². The Morgan fingerprint density at radius 3 is 2.36 bits per heavy atom. The van der Waals surface area contributed by atoms with Crippen molar-refractivity contribution in [3.63, 3.8) is 0 Å². The third-order valence-electron chi connectivity index (χ3n) is 4.14. The minimum Gasteiger partial charge on any atom is -0.497 e. The highest BCUT2D eigenvalue weighted by Gasteiger charge is 2.10. The molecule has 0 aliphatic carbocycles. The minimum absolute atomic E-state index is 0.0520. The molecule has 0 bridgehead atoms. The molecule has 1 N–H and O–H groups in total. The zero-order valence-electron chi connectivity index (χ0n) is 14.7. The maximum absolute atomic E-state index is 12.3. The Hall–Kier alpha value is -3.06. The highest BCUT2D eigenvalue weighted by atomic mass is 16.5. The molecule has 1 atom stereocenters. The van der Waals surface area contributed by atoms with Gasteiger partial charge in [0.1, 0.15) is 17.4 Å². The van der Waals surface area contributed by atoms with E-state index in [1.165, 1.54) is 5.56 Å². The molecule has 0 saturated heterocycles. The lowest BCUT2D eigenvalue weighted by Crippen LogP contribution is -2.13. The van der Waals surface area contributed by atoms with E-state index >= 15 is 0 Å². The molecule has 4 nitrogen and oxygen atoms in total. The number of hydrogen-bond donors (Lipinski definition) is 1. The molecule has 0 aliphatic rings. The number of carbonyl (C=O) groups excluding carboxylic acids is 1. The van der Waals surface area contributed by atoms with Gasteiger partial charge in [0.05, 0.1) is 7.11 Å². The summed E-state index contributed by atoms with van der Waals surface area (Å²) in [6.07, 6.45) is 2.62. The zero-order chi connectivity index (χ0) is 18.2. The number of rotatable bonds is 6. The van der Waals surface area contributed by atoms with Gasteiger partial charge >= 0.3 is 0 Å². The standard InChI is InChI=1S/C21H22N2O2/c1-4-15(2)17-7-9-19(10-8-17)23-21(24)18(14-22)13-16-5-11-20(25-3)12-6-16/h5-13,15H,4H2,1-3H3,(H,23,24)/b18-13+/t15-/m0/s1. The molecule has 25 heavy (non-hydrogen) atoms. The van der Waals surface area contributed by atoms with E-state index in [1.54, 1.807) is 37.5 Å². The van der Waals surface area contributed by atoms with Crippen LogP contribution in [0.3, 0.4) is 0 Å². The van der Waals surface area contributed by atoms with Gasteiger partial charge < -0.3 is 10.1 Å². The maximum Gasteiger partial charge on any atom is 0.266 e. The number of methoxy groups -OCH3 is 1. The van der Waals surface area contributed by atoms with Crippen molar-refractivity contribution >= 4 is 17.7 Å². The summed E-state index contributed by atoms with van der Waals surface area (Å²) in [6, 6.07) is 16.8. The first kappa shape index (κ1) is 18.3. The molecule has 0 aliphatic heterocycles. The smallest absolute Gasteiger partial charge is 0.266 e.